The molecule has 0 amide bonds. The van der Waals surface area contributed by atoms with E-state index < -0.39 is 24.5 Å². The van der Waals surface area contributed by atoms with Crippen molar-refractivity contribution in [1.82, 2.24) is 15.0 Å². The summed E-state index contributed by atoms with van der Waals surface area (Å²) in [5.74, 6) is 0.432. The Morgan fingerprint density at radius 2 is 1.75 bits per heavy atom. The van der Waals surface area contributed by atoms with Crippen LogP contribution in [-0.2, 0) is 6.18 Å². The average molecular weight is 461 g/mol. The summed E-state index contributed by atoms with van der Waals surface area (Å²) in [7, 11) is 0. The van der Waals surface area contributed by atoms with Gasteiger partial charge in [0.2, 0.25) is 0 Å². The Morgan fingerprint density at radius 1 is 1.00 bits per heavy atom. The van der Waals surface area contributed by atoms with Crippen molar-refractivity contribution < 1.29 is 23.4 Å². The molecule has 3 N–H and O–H groups in total. The number of aliphatic hydroxyl groups excluding tert-OH is 2. The first-order valence-electron chi connectivity index (χ1n) is 9.40. The highest BCUT2D eigenvalue weighted by molar-refractivity contribution is 6.33. The summed E-state index contributed by atoms with van der Waals surface area (Å²) >= 11 is 6.30. The van der Waals surface area contributed by atoms with Crippen molar-refractivity contribution in [2.75, 3.05) is 11.9 Å². The van der Waals surface area contributed by atoms with E-state index in [9.17, 15) is 18.3 Å². The first kappa shape index (κ1) is 21.9. The second kappa shape index (κ2) is 8.70. The molecule has 0 aliphatic carbocycles. The summed E-state index contributed by atoms with van der Waals surface area (Å²) in [6, 6.07) is 9.68. The number of alkyl halides is 3. The fourth-order valence-electron chi connectivity index (χ4n) is 3.11. The molecule has 6 nitrogen and oxygen atoms in total. The molecule has 1 atom stereocenters. The van der Waals surface area contributed by atoms with Crippen molar-refractivity contribution in [2.24, 2.45) is 0 Å². The van der Waals surface area contributed by atoms with Crippen LogP contribution in [-0.4, -0.2) is 31.8 Å². The van der Waals surface area contributed by atoms with Gasteiger partial charge in [-0.15, -0.1) is 0 Å². The molecule has 0 saturated heterocycles. The molecule has 0 saturated carbocycles. The van der Waals surface area contributed by atoms with E-state index >= 15 is 0 Å². The van der Waals surface area contributed by atoms with Crippen LogP contribution in [0, 0.1) is 0 Å². The molecule has 164 valence electrons. The van der Waals surface area contributed by atoms with Gasteiger partial charge in [0.25, 0.3) is 0 Å². The Morgan fingerprint density at radius 3 is 2.41 bits per heavy atom. The maximum absolute atomic E-state index is 12.8. The highest BCUT2D eigenvalue weighted by atomic mass is 35.5. The third kappa shape index (κ3) is 4.50. The molecule has 0 radical (unpaired) electrons. The molecule has 3 heterocycles. The summed E-state index contributed by atoms with van der Waals surface area (Å²) in [4.78, 5) is 12.9. The molecule has 0 aliphatic rings. The number of hydrogen-bond acceptors (Lipinski definition) is 6. The van der Waals surface area contributed by atoms with E-state index in [1.54, 1.807) is 24.5 Å². The SMILES string of the molecule is OC[C@H](O)c1cnc(-c2cc3ccnc(Nc4ccc(C(F)(F)F)cc4)c3cn2)c(Cl)c1. The number of nitrogens with zero attached hydrogens (tertiary/aromatic N) is 3. The van der Waals surface area contributed by atoms with Gasteiger partial charge in [-0.05, 0) is 47.9 Å². The van der Waals surface area contributed by atoms with Crippen LogP contribution in [0.1, 0.15) is 17.2 Å². The quantitative estimate of drug-likeness (QED) is 0.382. The molecule has 32 heavy (non-hydrogen) atoms. The smallest absolute Gasteiger partial charge is 0.393 e. The van der Waals surface area contributed by atoms with Crippen molar-refractivity contribution in [2.45, 2.75) is 12.3 Å². The van der Waals surface area contributed by atoms with E-state index in [2.05, 4.69) is 20.3 Å². The zero-order chi connectivity index (χ0) is 22.9. The van der Waals surface area contributed by atoms with Gasteiger partial charge in [0.1, 0.15) is 17.6 Å². The topological polar surface area (TPSA) is 91.2 Å². The predicted molar refractivity (Wildman–Crippen MR) is 115 cm³/mol. The van der Waals surface area contributed by atoms with Crippen LogP contribution in [0.5, 0.6) is 0 Å². The second-order valence-electron chi connectivity index (χ2n) is 6.95. The Bertz CT molecular complexity index is 1270. The van der Waals surface area contributed by atoms with E-state index in [1.807, 2.05) is 0 Å². The fraction of sp³-hybridized carbons (Fsp3) is 0.136. The van der Waals surface area contributed by atoms with Crippen LogP contribution < -0.4 is 5.32 Å². The number of aliphatic hydroxyl groups is 2. The maximum atomic E-state index is 12.8. The van der Waals surface area contributed by atoms with Gasteiger partial charge in [0.15, 0.2) is 0 Å². The van der Waals surface area contributed by atoms with Crippen molar-refractivity contribution in [1.29, 1.82) is 0 Å². The van der Waals surface area contributed by atoms with Crippen LogP contribution in [0.25, 0.3) is 22.2 Å². The summed E-state index contributed by atoms with van der Waals surface area (Å²) in [6.45, 7) is -0.451. The van der Waals surface area contributed by atoms with Crippen LogP contribution >= 0.6 is 11.6 Å². The lowest BCUT2D eigenvalue weighted by molar-refractivity contribution is -0.137. The zero-order valence-corrected chi connectivity index (χ0v) is 17.1. The Balaban J connectivity index is 1.64. The lowest BCUT2D eigenvalue weighted by Crippen LogP contribution is -2.04. The van der Waals surface area contributed by atoms with Crippen molar-refractivity contribution in [3.8, 4) is 11.4 Å². The number of anilines is 2. The Kier molecular flexibility index (Phi) is 5.96. The number of benzene rings is 1. The molecule has 4 aromatic rings. The number of nitrogens with one attached hydrogen (secondary N) is 1. The molecule has 1 aromatic carbocycles. The normalized spacial score (nSPS) is 12.7. The standard InChI is InChI=1S/C22H16ClF3N4O2/c23-17-7-13(19(32)11-31)9-29-20(17)18-8-12-5-6-27-21(16(12)10-28-18)30-15-3-1-14(2-4-15)22(24,25)26/h1-10,19,31-32H,11H2,(H,27,30)/t19-/m0/s1. The Labute approximate surface area is 185 Å². The summed E-state index contributed by atoms with van der Waals surface area (Å²) in [5, 5.41) is 23.5. The van der Waals surface area contributed by atoms with E-state index in [-0.39, 0.29) is 5.02 Å². The Hall–Kier alpha value is -3.27. The first-order valence-corrected chi connectivity index (χ1v) is 9.78. The van der Waals surface area contributed by atoms with Gasteiger partial charge in [-0.25, -0.2) is 4.98 Å². The van der Waals surface area contributed by atoms with Gasteiger partial charge in [0, 0.05) is 35.2 Å². The molecule has 0 fully saturated rings. The number of fused-ring (bicyclic) bond motifs is 1. The average Bonchev–Trinajstić information content (AvgIpc) is 2.78. The number of rotatable bonds is 5. The zero-order valence-electron chi connectivity index (χ0n) is 16.3. The van der Waals surface area contributed by atoms with E-state index in [1.165, 1.54) is 24.4 Å². The molecular formula is C22H16ClF3N4O2. The van der Waals surface area contributed by atoms with Crippen LogP contribution in [0.15, 0.2) is 61.1 Å². The summed E-state index contributed by atoms with van der Waals surface area (Å²) in [5.41, 5.74) is 0.983. The van der Waals surface area contributed by atoms with E-state index in [4.69, 9.17) is 16.7 Å². The van der Waals surface area contributed by atoms with Gasteiger partial charge >= 0.3 is 6.18 Å². The van der Waals surface area contributed by atoms with Gasteiger partial charge in [-0.3, -0.25) is 9.97 Å². The monoisotopic (exact) mass is 460 g/mol. The van der Waals surface area contributed by atoms with Crippen molar-refractivity contribution in [3.63, 3.8) is 0 Å². The van der Waals surface area contributed by atoms with E-state index in [0.717, 1.165) is 17.5 Å². The third-order valence-electron chi connectivity index (χ3n) is 4.79. The third-order valence-corrected chi connectivity index (χ3v) is 5.07. The van der Waals surface area contributed by atoms with Gasteiger partial charge in [-0.2, -0.15) is 13.2 Å². The van der Waals surface area contributed by atoms with Crippen LogP contribution in [0.3, 0.4) is 0 Å². The number of pyridine rings is 3. The van der Waals surface area contributed by atoms with E-state index in [0.29, 0.717) is 33.8 Å². The molecule has 10 heteroatoms. The minimum Gasteiger partial charge on any atom is -0.393 e. The van der Waals surface area contributed by atoms with Crippen LogP contribution in [0.4, 0.5) is 24.7 Å². The molecule has 0 spiro atoms. The summed E-state index contributed by atoms with van der Waals surface area (Å²) < 4.78 is 38.3. The molecule has 3 aromatic heterocycles. The highest BCUT2D eigenvalue weighted by Crippen LogP contribution is 2.32. The minimum atomic E-state index is -4.40. The lowest BCUT2D eigenvalue weighted by atomic mass is 10.1. The number of halogens is 4. The molecule has 0 aliphatic heterocycles. The van der Waals surface area contributed by atoms with Crippen LogP contribution in [0.2, 0.25) is 5.02 Å². The molecule has 0 bridgehead atoms. The summed E-state index contributed by atoms with van der Waals surface area (Å²) in [6.07, 6.45) is -0.936. The number of hydrogen-bond donors (Lipinski definition) is 3. The van der Waals surface area contributed by atoms with Crippen molar-refractivity contribution in [3.05, 3.63) is 77.2 Å². The lowest BCUT2D eigenvalue weighted by Gasteiger charge is -2.12. The molecule has 0 unspecified atom stereocenters. The minimum absolute atomic E-state index is 0.263. The van der Waals surface area contributed by atoms with Gasteiger partial charge in [0.05, 0.1) is 22.9 Å². The highest BCUT2D eigenvalue weighted by Gasteiger charge is 2.30. The fourth-order valence-corrected chi connectivity index (χ4v) is 3.38. The maximum Gasteiger partial charge on any atom is 0.416 e. The van der Waals surface area contributed by atoms with Gasteiger partial charge < -0.3 is 15.5 Å². The second-order valence-corrected chi connectivity index (χ2v) is 7.36. The van der Waals surface area contributed by atoms with Crippen molar-refractivity contribution >= 4 is 33.9 Å². The largest absolute Gasteiger partial charge is 0.416 e. The molecular weight excluding hydrogens is 445 g/mol. The first-order chi connectivity index (χ1) is 15.3. The van der Waals surface area contributed by atoms with Gasteiger partial charge in [-0.1, -0.05) is 11.6 Å². The number of aromatic nitrogens is 3. The predicted octanol–water partition coefficient (Wildman–Crippen LogP) is 5.13. The molecule has 4 rings (SSSR count).